The lowest BCUT2D eigenvalue weighted by Crippen LogP contribution is -1.95. The third-order valence-corrected chi connectivity index (χ3v) is 2.40. The van der Waals surface area contributed by atoms with Gasteiger partial charge in [-0.25, -0.2) is 4.98 Å². The van der Waals surface area contributed by atoms with Gasteiger partial charge in [-0.1, -0.05) is 18.2 Å². The summed E-state index contributed by atoms with van der Waals surface area (Å²) in [6.07, 6.45) is 1.54. The van der Waals surface area contributed by atoms with Gasteiger partial charge in [0.2, 0.25) is 0 Å². The zero-order valence-electron chi connectivity index (χ0n) is 8.51. The van der Waals surface area contributed by atoms with Crippen LogP contribution in [0.2, 0.25) is 0 Å². The van der Waals surface area contributed by atoms with Crippen LogP contribution >= 0.6 is 0 Å². The fourth-order valence-corrected chi connectivity index (χ4v) is 1.60. The molecule has 0 unspecified atom stereocenters. The minimum atomic E-state index is 0.365. The first-order chi connectivity index (χ1) is 7.86. The van der Waals surface area contributed by atoms with E-state index in [0.29, 0.717) is 18.2 Å². The predicted octanol–water partition coefficient (Wildman–Crippen LogP) is 2.55. The van der Waals surface area contributed by atoms with Gasteiger partial charge in [0.05, 0.1) is 5.69 Å². The fourth-order valence-electron chi connectivity index (χ4n) is 1.60. The minimum absolute atomic E-state index is 0.365. The smallest absolute Gasteiger partial charge is 0.263 e. The molecule has 2 heterocycles. The number of hydrogen-bond donors (Lipinski definition) is 1. The van der Waals surface area contributed by atoms with Crippen LogP contribution in [-0.4, -0.2) is 4.98 Å². The monoisotopic (exact) mass is 214 g/mol. The first-order valence-electron chi connectivity index (χ1n) is 5.00. The van der Waals surface area contributed by atoms with Crippen molar-refractivity contribution in [2.45, 2.75) is 6.54 Å². The van der Waals surface area contributed by atoms with Crippen molar-refractivity contribution in [3.05, 3.63) is 42.3 Å². The van der Waals surface area contributed by atoms with Crippen LogP contribution in [0.1, 0.15) is 5.69 Å². The molecule has 0 radical (unpaired) electrons. The first kappa shape index (κ1) is 9.18. The maximum atomic E-state index is 5.61. The Balaban J connectivity index is 2.11. The van der Waals surface area contributed by atoms with Crippen LogP contribution < -0.4 is 5.73 Å². The van der Waals surface area contributed by atoms with Crippen LogP contribution in [0.15, 0.2) is 45.4 Å². The van der Waals surface area contributed by atoms with Gasteiger partial charge < -0.3 is 14.6 Å². The molecule has 2 N–H and O–H groups in total. The van der Waals surface area contributed by atoms with E-state index in [0.717, 1.165) is 16.7 Å². The van der Waals surface area contributed by atoms with E-state index in [1.54, 1.807) is 6.26 Å². The number of rotatable bonds is 2. The third kappa shape index (κ3) is 1.40. The molecule has 4 nitrogen and oxygen atoms in total. The Morgan fingerprint density at radius 3 is 2.88 bits per heavy atom. The number of oxazole rings is 1. The number of aromatic nitrogens is 1. The number of nitrogens with two attached hydrogens (primary N) is 1. The standard InChI is InChI=1S/C12H10N2O2/c13-6-9-7-15-12(14-9)11-5-8-3-1-2-4-10(8)16-11/h1-5,7H,6,13H2. The number of hydrogen-bond acceptors (Lipinski definition) is 4. The second-order valence-corrected chi connectivity index (χ2v) is 3.50. The molecule has 0 atom stereocenters. The molecule has 0 fully saturated rings. The Morgan fingerprint density at radius 1 is 1.25 bits per heavy atom. The molecular formula is C12H10N2O2. The fraction of sp³-hybridized carbons (Fsp3) is 0.0833. The topological polar surface area (TPSA) is 65.2 Å². The Kier molecular flexibility index (Phi) is 2.01. The minimum Gasteiger partial charge on any atom is -0.451 e. The molecule has 80 valence electrons. The SMILES string of the molecule is NCc1coc(-c2cc3ccccc3o2)n1. The molecule has 0 aliphatic heterocycles. The lowest BCUT2D eigenvalue weighted by atomic mass is 10.2. The van der Waals surface area contributed by atoms with Gasteiger partial charge in [0.1, 0.15) is 11.8 Å². The van der Waals surface area contributed by atoms with E-state index >= 15 is 0 Å². The summed E-state index contributed by atoms with van der Waals surface area (Å²) in [4.78, 5) is 4.21. The van der Waals surface area contributed by atoms with Crippen LogP contribution in [0.5, 0.6) is 0 Å². The maximum Gasteiger partial charge on any atom is 0.263 e. The van der Waals surface area contributed by atoms with E-state index in [9.17, 15) is 0 Å². The van der Waals surface area contributed by atoms with Crippen molar-refractivity contribution in [1.82, 2.24) is 4.98 Å². The third-order valence-electron chi connectivity index (χ3n) is 2.40. The summed E-state index contributed by atoms with van der Waals surface area (Å²) in [5.74, 6) is 1.09. The highest BCUT2D eigenvalue weighted by molar-refractivity contribution is 5.81. The molecule has 3 aromatic rings. The second kappa shape index (κ2) is 3.50. The molecule has 0 aliphatic rings. The summed E-state index contributed by atoms with van der Waals surface area (Å²) in [5.41, 5.74) is 7.01. The number of fused-ring (bicyclic) bond motifs is 1. The number of nitrogens with zero attached hydrogens (tertiary/aromatic N) is 1. The zero-order chi connectivity index (χ0) is 11.0. The molecule has 1 aromatic carbocycles. The van der Waals surface area contributed by atoms with E-state index in [2.05, 4.69) is 4.98 Å². The molecule has 0 saturated heterocycles. The van der Waals surface area contributed by atoms with E-state index in [-0.39, 0.29) is 0 Å². The van der Waals surface area contributed by atoms with Gasteiger partial charge in [-0.05, 0) is 12.1 Å². The molecule has 2 aromatic heterocycles. The van der Waals surface area contributed by atoms with E-state index in [4.69, 9.17) is 14.6 Å². The summed E-state index contributed by atoms with van der Waals surface area (Å²) in [6, 6.07) is 9.68. The summed E-state index contributed by atoms with van der Waals surface area (Å²) < 4.78 is 10.9. The molecule has 4 heteroatoms. The van der Waals surface area contributed by atoms with Crippen molar-refractivity contribution in [1.29, 1.82) is 0 Å². The summed E-state index contributed by atoms with van der Waals surface area (Å²) in [7, 11) is 0. The predicted molar refractivity (Wildman–Crippen MR) is 59.6 cm³/mol. The lowest BCUT2D eigenvalue weighted by Gasteiger charge is -1.86. The van der Waals surface area contributed by atoms with Gasteiger partial charge in [-0.3, -0.25) is 0 Å². The number of furan rings is 1. The van der Waals surface area contributed by atoms with Crippen LogP contribution in [0, 0.1) is 0 Å². The molecule has 0 saturated carbocycles. The normalized spacial score (nSPS) is 11.1. The van der Waals surface area contributed by atoms with Gasteiger partial charge in [0.25, 0.3) is 5.89 Å². The van der Waals surface area contributed by atoms with Gasteiger partial charge >= 0.3 is 0 Å². The quantitative estimate of drug-likeness (QED) is 0.711. The van der Waals surface area contributed by atoms with Crippen LogP contribution in [-0.2, 0) is 6.54 Å². The molecule has 0 amide bonds. The summed E-state index contributed by atoms with van der Waals surface area (Å²) in [5, 5.41) is 1.03. The first-order valence-corrected chi connectivity index (χ1v) is 5.00. The summed E-state index contributed by atoms with van der Waals surface area (Å²) >= 11 is 0. The van der Waals surface area contributed by atoms with Gasteiger partial charge in [0.15, 0.2) is 5.76 Å². The van der Waals surface area contributed by atoms with Crippen LogP contribution in [0.25, 0.3) is 22.6 Å². The summed E-state index contributed by atoms with van der Waals surface area (Å²) in [6.45, 7) is 0.365. The van der Waals surface area contributed by atoms with E-state index in [1.165, 1.54) is 0 Å². The van der Waals surface area contributed by atoms with Crippen LogP contribution in [0.4, 0.5) is 0 Å². The highest BCUT2D eigenvalue weighted by atomic mass is 16.4. The van der Waals surface area contributed by atoms with Crippen LogP contribution in [0.3, 0.4) is 0 Å². The van der Waals surface area contributed by atoms with Gasteiger partial charge in [-0.15, -0.1) is 0 Å². The average molecular weight is 214 g/mol. The Labute approximate surface area is 91.7 Å². The van der Waals surface area contributed by atoms with Crippen molar-refractivity contribution in [3.8, 4) is 11.7 Å². The molecule has 3 rings (SSSR count). The van der Waals surface area contributed by atoms with E-state index < -0.39 is 0 Å². The number of benzene rings is 1. The van der Waals surface area contributed by atoms with Gasteiger partial charge in [0, 0.05) is 11.9 Å². The Bertz CT molecular complexity index is 592. The van der Waals surface area contributed by atoms with Crippen molar-refractivity contribution >= 4 is 11.0 Å². The van der Waals surface area contributed by atoms with Crippen molar-refractivity contribution < 1.29 is 8.83 Å². The largest absolute Gasteiger partial charge is 0.451 e. The van der Waals surface area contributed by atoms with Crippen molar-refractivity contribution in [2.24, 2.45) is 5.73 Å². The second-order valence-electron chi connectivity index (χ2n) is 3.50. The molecule has 0 spiro atoms. The van der Waals surface area contributed by atoms with Crippen molar-refractivity contribution in [2.75, 3.05) is 0 Å². The number of para-hydroxylation sites is 1. The average Bonchev–Trinajstić information content (AvgIpc) is 2.95. The molecule has 0 aliphatic carbocycles. The van der Waals surface area contributed by atoms with Gasteiger partial charge in [-0.2, -0.15) is 0 Å². The maximum absolute atomic E-state index is 5.61. The van der Waals surface area contributed by atoms with E-state index in [1.807, 2.05) is 30.3 Å². The molecule has 16 heavy (non-hydrogen) atoms. The lowest BCUT2D eigenvalue weighted by molar-refractivity contribution is 0.533. The molecular weight excluding hydrogens is 204 g/mol. The Morgan fingerprint density at radius 2 is 2.12 bits per heavy atom. The highest BCUT2D eigenvalue weighted by Crippen LogP contribution is 2.26. The highest BCUT2D eigenvalue weighted by Gasteiger charge is 2.11. The Hall–Kier alpha value is -2.07. The molecule has 0 bridgehead atoms. The zero-order valence-corrected chi connectivity index (χ0v) is 8.51. The van der Waals surface area contributed by atoms with Crippen molar-refractivity contribution in [3.63, 3.8) is 0 Å².